The first-order chi connectivity index (χ1) is 27.5. The molecule has 0 amide bonds. The Labute approximate surface area is 340 Å². The van der Waals surface area contributed by atoms with E-state index < -0.39 is 14.1 Å². The molecule has 1 N–H and O–H groups in total. The molecule has 3 aliphatic rings. The van der Waals surface area contributed by atoms with Crippen molar-refractivity contribution in [3.05, 3.63) is 114 Å². The zero-order valence-corrected chi connectivity index (χ0v) is 34.8. The first kappa shape index (κ1) is 38.0. The number of likely N-dealkylation sites (N-methyl/N-ethyl adjacent to an activating group) is 1. The van der Waals surface area contributed by atoms with Gasteiger partial charge in [0, 0.05) is 36.6 Å². The molecule has 5 aromatic carbocycles. The molecule has 2 bridgehead atoms. The van der Waals surface area contributed by atoms with Crippen molar-refractivity contribution < 1.29 is 18.7 Å². The van der Waals surface area contributed by atoms with Gasteiger partial charge in [0.05, 0.1) is 11.1 Å². The van der Waals surface area contributed by atoms with E-state index in [4.69, 9.17) is 30.7 Å². The van der Waals surface area contributed by atoms with Crippen LogP contribution in [0.5, 0.6) is 11.8 Å². The number of fused-ring (bicyclic) bond motifs is 4. The van der Waals surface area contributed by atoms with Gasteiger partial charge in [-0.25, -0.2) is 4.39 Å². The second-order valence-electron chi connectivity index (χ2n) is 17.5. The maximum atomic E-state index is 17.2. The smallest absolute Gasteiger partial charge is 0.319 e. The van der Waals surface area contributed by atoms with Crippen molar-refractivity contribution in [2.24, 2.45) is 11.8 Å². The minimum Gasteiger partial charge on any atom is -0.508 e. The summed E-state index contributed by atoms with van der Waals surface area (Å²) in [4.78, 5) is 14.4. The largest absolute Gasteiger partial charge is 0.508 e. The highest BCUT2D eigenvalue weighted by Gasteiger charge is 2.52. The number of hydrogen-bond acceptors (Lipinski definition) is 7. The van der Waals surface area contributed by atoms with Crippen molar-refractivity contribution in [1.29, 1.82) is 0 Å². The van der Waals surface area contributed by atoms with E-state index >= 15 is 4.39 Å². The quantitative estimate of drug-likeness (QED) is 0.146. The second-order valence-corrected chi connectivity index (χ2v) is 22.1. The van der Waals surface area contributed by atoms with Gasteiger partial charge in [-0.15, -0.1) is 0 Å². The molecule has 4 atom stereocenters. The molecule has 3 heterocycles. The highest BCUT2D eigenvalue weighted by atomic mass is 35.5. The van der Waals surface area contributed by atoms with Crippen molar-refractivity contribution in [3.8, 4) is 22.9 Å². The molecule has 6 aromatic rings. The van der Waals surface area contributed by atoms with Gasteiger partial charge in [-0.3, -0.25) is 4.90 Å². The molecule has 294 valence electrons. The van der Waals surface area contributed by atoms with Gasteiger partial charge in [0.15, 0.2) is 5.82 Å². The molecule has 0 spiro atoms. The Morgan fingerprint density at radius 3 is 2.14 bits per heavy atom. The Morgan fingerprint density at radius 1 is 0.825 bits per heavy atom. The zero-order valence-electron chi connectivity index (χ0n) is 33.1. The van der Waals surface area contributed by atoms with Crippen molar-refractivity contribution in [3.63, 3.8) is 0 Å². The Kier molecular flexibility index (Phi) is 10.00. The average Bonchev–Trinajstić information content (AvgIpc) is 3.74. The summed E-state index contributed by atoms with van der Waals surface area (Å²) >= 11 is 7.00. The molecular formula is C47H50ClFN4O3Si. The van der Waals surface area contributed by atoms with Gasteiger partial charge in [-0.05, 0) is 94.5 Å². The lowest BCUT2D eigenvalue weighted by molar-refractivity contribution is 0.187. The molecule has 10 heteroatoms. The molecular weight excluding hydrogens is 751 g/mol. The fourth-order valence-corrected chi connectivity index (χ4v) is 15.0. The summed E-state index contributed by atoms with van der Waals surface area (Å²) in [6, 6.07) is 34.3. The van der Waals surface area contributed by atoms with E-state index in [1.54, 1.807) is 18.2 Å². The van der Waals surface area contributed by atoms with Crippen LogP contribution in [-0.4, -0.2) is 73.7 Å². The van der Waals surface area contributed by atoms with Gasteiger partial charge in [0.1, 0.15) is 23.7 Å². The fourth-order valence-electron chi connectivity index (χ4n) is 10.0. The Morgan fingerprint density at radius 2 is 1.47 bits per heavy atom. The van der Waals surface area contributed by atoms with Crippen LogP contribution in [0.2, 0.25) is 10.1 Å². The van der Waals surface area contributed by atoms with Crippen LogP contribution in [0.4, 0.5) is 10.2 Å². The third-order valence-electron chi connectivity index (χ3n) is 12.7. The van der Waals surface area contributed by atoms with E-state index in [-0.39, 0.29) is 45.0 Å². The van der Waals surface area contributed by atoms with E-state index in [1.165, 1.54) is 29.6 Å². The number of piperidine rings is 1. The summed E-state index contributed by atoms with van der Waals surface area (Å²) in [6.07, 6.45) is 4.37. The number of aromatic hydroxyl groups is 1. The van der Waals surface area contributed by atoms with E-state index in [2.05, 4.69) is 98.3 Å². The van der Waals surface area contributed by atoms with Crippen LogP contribution in [0.25, 0.3) is 32.8 Å². The van der Waals surface area contributed by atoms with Gasteiger partial charge in [0.2, 0.25) is 0 Å². The number of benzene rings is 5. The zero-order chi connectivity index (χ0) is 39.5. The SMILES string of the molecule is CN1C[C@H](O[Si](c2ccccc2)(c2ccccc2)C(C)(C)C)C[C@H]1COc1nc(N2CC3CCC(C3)C2)c2cc(Cl)c(-c3cc(O)cc4ccccc34)c(F)c2n1. The molecule has 1 aromatic heterocycles. The molecule has 2 saturated heterocycles. The summed E-state index contributed by atoms with van der Waals surface area (Å²) in [6.45, 7) is 9.71. The van der Waals surface area contributed by atoms with E-state index in [9.17, 15) is 5.11 Å². The molecule has 1 saturated carbocycles. The van der Waals surface area contributed by atoms with Crippen LogP contribution >= 0.6 is 11.6 Å². The molecule has 9 rings (SSSR count). The van der Waals surface area contributed by atoms with E-state index in [1.807, 2.05) is 24.3 Å². The van der Waals surface area contributed by atoms with Gasteiger partial charge in [0.25, 0.3) is 8.32 Å². The summed E-state index contributed by atoms with van der Waals surface area (Å²) in [5.74, 6) is 1.30. The van der Waals surface area contributed by atoms with Crippen LogP contribution in [0.1, 0.15) is 46.5 Å². The van der Waals surface area contributed by atoms with Crippen LogP contribution in [0.3, 0.4) is 0 Å². The average molecular weight is 801 g/mol. The molecule has 3 fully saturated rings. The van der Waals surface area contributed by atoms with Crippen molar-refractivity contribution in [2.75, 3.05) is 38.2 Å². The number of rotatable bonds is 9. The van der Waals surface area contributed by atoms with E-state index in [0.29, 0.717) is 35.2 Å². The first-order valence-electron chi connectivity index (χ1n) is 20.3. The van der Waals surface area contributed by atoms with Crippen molar-refractivity contribution in [2.45, 2.75) is 63.6 Å². The second kappa shape index (κ2) is 15.0. The summed E-state index contributed by atoms with van der Waals surface area (Å²) in [5.41, 5.74) is 0.866. The van der Waals surface area contributed by atoms with Crippen molar-refractivity contribution >= 4 is 57.8 Å². The van der Waals surface area contributed by atoms with Gasteiger partial charge in [-0.1, -0.05) is 117 Å². The monoisotopic (exact) mass is 800 g/mol. The number of anilines is 1. The van der Waals surface area contributed by atoms with Gasteiger partial charge in [-0.2, -0.15) is 9.97 Å². The van der Waals surface area contributed by atoms with Crippen LogP contribution in [0.15, 0.2) is 103 Å². The van der Waals surface area contributed by atoms with Crippen LogP contribution in [0, 0.1) is 17.7 Å². The third kappa shape index (κ3) is 6.96. The fraction of sp³-hybridized carbons (Fsp3) is 0.362. The third-order valence-corrected chi connectivity index (χ3v) is 18.1. The topological polar surface area (TPSA) is 71.0 Å². The molecule has 7 nitrogen and oxygen atoms in total. The molecule has 2 unspecified atom stereocenters. The highest BCUT2D eigenvalue weighted by molar-refractivity contribution is 6.99. The number of phenols is 1. The Balaban J connectivity index is 1.05. The highest BCUT2D eigenvalue weighted by Crippen LogP contribution is 2.45. The lowest BCUT2D eigenvalue weighted by atomic mass is 9.95. The lowest BCUT2D eigenvalue weighted by Gasteiger charge is -2.44. The lowest BCUT2D eigenvalue weighted by Crippen LogP contribution is -2.67. The predicted octanol–water partition coefficient (Wildman–Crippen LogP) is 9.21. The number of nitrogens with zero attached hydrogens (tertiary/aromatic N) is 4. The minimum atomic E-state index is -2.76. The molecule has 1 aliphatic carbocycles. The number of hydrogen-bond donors (Lipinski definition) is 1. The summed E-state index contributed by atoms with van der Waals surface area (Å²) < 4.78 is 31.3. The van der Waals surface area contributed by atoms with Crippen LogP contribution < -0.4 is 20.0 Å². The number of halogens is 2. The number of phenolic OH excluding ortho intramolecular Hbond substituents is 1. The normalized spacial score (nSPS) is 21.5. The molecule has 57 heavy (non-hydrogen) atoms. The maximum Gasteiger partial charge on any atom is 0.319 e. The minimum absolute atomic E-state index is 0.0222. The van der Waals surface area contributed by atoms with E-state index in [0.717, 1.165) is 36.8 Å². The van der Waals surface area contributed by atoms with Crippen LogP contribution in [-0.2, 0) is 4.43 Å². The molecule has 2 aliphatic heterocycles. The Hall–Kier alpha value is -4.54. The number of aromatic nitrogens is 2. The predicted molar refractivity (Wildman–Crippen MR) is 231 cm³/mol. The van der Waals surface area contributed by atoms with Gasteiger partial charge < -0.3 is 19.2 Å². The van der Waals surface area contributed by atoms with Crippen molar-refractivity contribution in [1.82, 2.24) is 14.9 Å². The number of likely N-dealkylation sites (tertiary alicyclic amines) is 1. The summed E-state index contributed by atoms with van der Waals surface area (Å²) in [7, 11) is -0.638. The first-order valence-corrected chi connectivity index (χ1v) is 22.6. The number of ether oxygens (including phenoxy) is 1. The molecule has 0 radical (unpaired) electrons. The standard InChI is InChI=1S/C47H50ClFN4O3Si/c1-47(2,3)57(36-14-7-5-8-15-36,37-16-9-6-10-17-37)56-35-23-33(52(4)28-35)29-55-46-50-44-40(45(51-46)53-26-30-19-20-31(21-30)27-53)25-41(48)42(43(44)49)39-24-34(54)22-32-13-11-12-18-38(32)39/h5-18,22,24-25,30-31,33,35,54H,19-21,23,26-29H2,1-4H3/t30?,31?,33-,35+/m0/s1. The van der Waals surface area contributed by atoms with Gasteiger partial charge >= 0.3 is 6.01 Å². The Bertz CT molecular complexity index is 2380. The summed E-state index contributed by atoms with van der Waals surface area (Å²) in [5, 5.41) is 15.5. The maximum absolute atomic E-state index is 17.2.